The van der Waals surface area contributed by atoms with Crippen LogP contribution in [0.5, 0.6) is 0 Å². The molecule has 1 aromatic carbocycles. The number of nitrogens with zero attached hydrogens (tertiary/aromatic N) is 2. The molecule has 1 aliphatic carbocycles. The van der Waals surface area contributed by atoms with E-state index in [-0.39, 0.29) is 29.8 Å². The van der Waals surface area contributed by atoms with Gasteiger partial charge in [0.15, 0.2) is 0 Å². The second-order valence-corrected chi connectivity index (χ2v) is 10.1. The highest BCUT2D eigenvalue weighted by Crippen LogP contribution is 2.25. The van der Waals surface area contributed by atoms with Gasteiger partial charge < -0.3 is 10.2 Å². The first-order chi connectivity index (χ1) is 14.5. The van der Waals surface area contributed by atoms with Crippen molar-refractivity contribution < 1.29 is 13.2 Å². The minimum Gasteiger partial charge on any atom is -0.349 e. The molecular formula is C22H32N4O3S. The molecule has 0 radical (unpaired) electrons. The second-order valence-electron chi connectivity index (χ2n) is 8.38. The average molecular weight is 433 g/mol. The van der Waals surface area contributed by atoms with E-state index in [0.717, 1.165) is 31.8 Å². The first-order valence-electron chi connectivity index (χ1n) is 11.0. The molecule has 164 valence electrons. The summed E-state index contributed by atoms with van der Waals surface area (Å²) in [6.07, 6.45) is 8.85. The highest BCUT2D eigenvalue weighted by Gasteiger charge is 2.24. The molecule has 1 saturated carbocycles. The molecule has 0 atom stereocenters. The SMILES string of the molecule is N#CCCNS(=O)(=O)c1ccc(C(=O)NC2CCN(CC3CCCCC3)CC2)cc1. The van der Waals surface area contributed by atoms with Gasteiger partial charge in [0.25, 0.3) is 5.91 Å². The van der Waals surface area contributed by atoms with Crippen LogP contribution in [-0.2, 0) is 10.0 Å². The van der Waals surface area contributed by atoms with E-state index in [1.807, 2.05) is 6.07 Å². The monoisotopic (exact) mass is 432 g/mol. The van der Waals surface area contributed by atoms with Crippen molar-refractivity contribution in [3.63, 3.8) is 0 Å². The lowest BCUT2D eigenvalue weighted by molar-refractivity contribution is 0.0901. The van der Waals surface area contributed by atoms with Crippen LogP contribution < -0.4 is 10.0 Å². The number of piperidine rings is 1. The van der Waals surface area contributed by atoms with Crippen LogP contribution in [0.25, 0.3) is 0 Å². The van der Waals surface area contributed by atoms with Crippen LogP contribution in [-0.4, -0.2) is 51.4 Å². The summed E-state index contributed by atoms with van der Waals surface area (Å²) in [4.78, 5) is 15.2. The Kier molecular flexibility index (Phi) is 8.25. The van der Waals surface area contributed by atoms with Gasteiger partial charge in [-0.3, -0.25) is 4.79 Å². The van der Waals surface area contributed by atoms with Crippen molar-refractivity contribution in [2.45, 2.75) is 62.3 Å². The number of rotatable bonds is 8. The Morgan fingerprint density at radius 3 is 2.37 bits per heavy atom. The van der Waals surface area contributed by atoms with Crippen LogP contribution >= 0.6 is 0 Å². The summed E-state index contributed by atoms with van der Waals surface area (Å²) in [5.41, 5.74) is 0.454. The molecular weight excluding hydrogens is 400 g/mol. The lowest BCUT2D eigenvalue weighted by Crippen LogP contribution is -2.45. The van der Waals surface area contributed by atoms with Gasteiger partial charge in [0.1, 0.15) is 0 Å². The zero-order valence-electron chi connectivity index (χ0n) is 17.5. The smallest absolute Gasteiger partial charge is 0.251 e. The van der Waals surface area contributed by atoms with E-state index in [1.54, 1.807) is 0 Å². The van der Waals surface area contributed by atoms with Crippen LogP contribution in [0.1, 0.15) is 61.7 Å². The number of benzene rings is 1. The first-order valence-corrected chi connectivity index (χ1v) is 12.5. The first kappa shape index (κ1) is 22.7. The number of nitriles is 1. The molecule has 2 aliphatic rings. The zero-order chi connectivity index (χ0) is 21.4. The maximum Gasteiger partial charge on any atom is 0.251 e. The van der Waals surface area contributed by atoms with Crippen LogP contribution in [0, 0.1) is 17.2 Å². The standard InChI is InChI=1S/C22H32N4O3S/c23-13-4-14-24-30(28,29)21-9-7-19(8-10-21)22(27)25-20-11-15-26(16-12-20)17-18-5-2-1-3-6-18/h7-10,18,20,24H,1-6,11-12,14-17H2,(H,25,27). The lowest BCUT2D eigenvalue weighted by Gasteiger charge is -2.35. The summed E-state index contributed by atoms with van der Waals surface area (Å²) in [6, 6.07) is 7.98. The van der Waals surface area contributed by atoms with E-state index in [4.69, 9.17) is 5.26 Å². The summed E-state index contributed by atoms with van der Waals surface area (Å²) in [5, 5.41) is 11.6. The Morgan fingerprint density at radius 2 is 1.73 bits per heavy atom. The van der Waals surface area contributed by atoms with Crippen LogP contribution in [0.15, 0.2) is 29.2 Å². The van der Waals surface area contributed by atoms with Crippen LogP contribution in [0.2, 0.25) is 0 Å². The molecule has 1 saturated heterocycles. The highest BCUT2D eigenvalue weighted by atomic mass is 32.2. The number of carbonyl (C=O) groups excluding carboxylic acids is 1. The van der Waals surface area contributed by atoms with E-state index in [0.29, 0.717) is 5.56 Å². The second kappa shape index (κ2) is 10.9. The minimum absolute atomic E-state index is 0.0700. The van der Waals surface area contributed by atoms with Gasteiger partial charge in [0.05, 0.1) is 11.0 Å². The molecule has 30 heavy (non-hydrogen) atoms. The molecule has 0 spiro atoms. The van der Waals surface area contributed by atoms with E-state index < -0.39 is 10.0 Å². The highest BCUT2D eigenvalue weighted by molar-refractivity contribution is 7.89. The number of sulfonamides is 1. The topological polar surface area (TPSA) is 102 Å². The fourth-order valence-electron chi connectivity index (χ4n) is 4.37. The predicted molar refractivity (Wildman–Crippen MR) is 115 cm³/mol. The van der Waals surface area contributed by atoms with E-state index in [2.05, 4.69) is 14.9 Å². The molecule has 7 nitrogen and oxygen atoms in total. The lowest BCUT2D eigenvalue weighted by atomic mass is 9.88. The average Bonchev–Trinajstić information content (AvgIpc) is 2.76. The van der Waals surface area contributed by atoms with Crippen molar-refractivity contribution in [2.24, 2.45) is 5.92 Å². The summed E-state index contributed by atoms with van der Waals surface area (Å²) in [7, 11) is -3.66. The Morgan fingerprint density at radius 1 is 1.07 bits per heavy atom. The van der Waals surface area contributed by atoms with Crippen molar-refractivity contribution in [3.8, 4) is 6.07 Å². The summed E-state index contributed by atoms with van der Waals surface area (Å²) in [6.45, 7) is 3.31. The van der Waals surface area contributed by atoms with Crippen molar-refractivity contribution in [1.82, 2.24) is 14.9 Å². The number of carbonyl (C=O) groups is 1. The molecule has 1 heterocycles. The molecule has 0 unspecified atom stereocenters. The summed E-state index contributed by atoms with van der Waals surface area (Å²) < 4.78 is 26.7. The molecule has 2 fully saturated rings. The van der Waals surface area contributed by atoms with Gasteiger partial charge in [-0.1, -0.05) is 19.3 Å². The molecule has 3 rings (SSSR count). The molecule has 1 amide bonds. The molecule has 8 heteroatoms. The molecule has 1 aromatic rings. The van der Waals surface area contributed by atoms with Crippen molar-refractivity contribution in [1.29, 1.82) is 5.26 Å². The van der Waals surface area contributed by atoms with Crippen LogP contribution in [0.3, 0.4) is 0 Å². The van der Waals surface area contributed by atoms with Gasteiger partial charge in [-0.2, -0.15) is 5.26 Å². The summed E-state index contributed by atoms with van der Waals surface area (Å²) in [5.74, 6) is 0.677. The quantitative estimate of drug-likeness (QED) is 0.615. The predicted octanol–water partition coefficient (Wildman–Crippen LogP) is 2.65. The molecule has 2 N–H and O–H groups in total. The molecule has 0 aromatic heterocycles. The maximum atomic E-state index is 12.6. The Balaban J connectivity index is 1.45. The number of amides is 1. The molecule has 1 aliphatic heterocycles. The Labute approximate surface area is 179 Å². The van der Waals surface area contributed by atoms with Gasteiger partial charge >= 0.3 is 0 Å². The third kappa shape index (κ3) is 6.53. The largest absolute Gasteiger partial charge is 0.349 e. The minimum atomic E-state index is -3.66. The van der Waals surface area contributed by atoms with Gasteiger partial charge in [-0.25, -0.2) is 13.1 Å². The van der Waals surface area contributed by atoms with Gasteiger partial charge in [-0.15, -0.1) is 0 Å². The van der Waals surface area contributed by atoms with Crippen molar-refractivity contribution in [3.05, 3.63) is 29.8 Å². The summed E-state index contributed by atoms with van der Waals surface area (Å²) >= 11 is 0. The van der Waals surface area contributed by atoms with E-state index >= 15 is 0 Å². The number of likely N-dealkylation sites (tertiary alicyclic amines) is 1. The zero-order valence-corrected chi connectivity index (χ0v) is 18.3. The molecule has 0 bridgehead atoms. The maximum absolute atomic E-state index is 12.6. The van der Waals surface area contributed by atoms with Gasteiger partial charge in [0.2, 0.25) is 10.0 Å². The normalized spacial score (nSPS) is 19.3. The van der Waals surface area contributed by atoms with Crippen molar-refractivity contribution >= 4 is 15.9 Å². The fraction of sp³-hybridized carbons (Fsp3) is 0.636. The number of hydrogen-bond donors (Lipinski definition) is 2. The van der Waals surface area contributed by atoms with Gasteiger partial charge in [0, 0.05) is 44.2 Å². The van der Waals surface area contributed by atoms with Gasteiger partial charge in [-0.05, 0) is 55.9 Å². The number of hydrogen-bond acceptors (Lipinski definition) is 5. The van der Waals surface area contributed by atoms with Crippen molar-refractivity contribution in [2.75, 3.05) is 26.2 Å². The fourth-order valence-corrected chi connectivity index (χ4v) is 5.41. The Hall–Kier alpha value is -1.95. The third-order valence-electron chi connectivity index (χ3n) is 6.12. The number of nitrogens with one attached hydrogen (secondary N) is 2. The van der Waals surface area contributed by atoms with E-state index in [9.17, 15) is 13.2 Å². The third-order valence-corrected chi connectivity index (χ3v) is 7.60. The van der Waals surface area contributed by atoms with E-state index in [1.165, 1.54) is 62.9 Å². The Bertz CT molecular complexity index is 834. The van der Waals surface area contributed by atoms with Crippen LogP contribution in [0.4, 0.5) is 0 Å².